The average Bonchev–Trinajstić information content (AvgIpc) is 3.09. The monoisotopic (exact) mass is 616 g/mol. The van der Waals surface area contributed by atoms with Crippen molar-refractivity contribution in [3.05, 3.63) is 102 Å². The summed E-state index contributed by atoms with van der Waals surface area (Å²) in [6.07, 6.45) is 20.9. The van der Waals surface area contributed by atoms with Crippen LogP contribution < -0.4 is 4.74 Å². The number of ether oxygens (including phenoxy) is 3. The predicted molar refractivity (Wildman–Crippen MR) is 188 cm³/mol. The van der Waals surface area contributed by atoms with Gasteiger partial charge in [-0.3, -0.25) is 0 Å². The molecule has 1 atom stereocenters. The molecule has 0 unspecified atom stereocenters. The van der Waals surface area contributed by atoms with E-state index in [1.807, 2.05) is 60.7 Å². The first-order valence-corrected chi connectivity index (χ1v) is 17.9. The van der Waals surface area contributed by atoms with Crippen molar-refractivity contribution in [2.45, 2.75) is 121 Å². The summed E-state index contributed by atoms with van der Waals surface area (Å²) in [5, 5.41) is 10.9. The lowest BCUT2D eigenvalue weighted by molar-refractivity contribution is -0.0641. The van der Waals surface area contributed by atoms with Crippen LogP contribution in [-0.2, 0) is 15.1 Å². The molecule has 45 heavy (non-hydrogen) atoms. The number of unbranched alkanes of at least 4 members (excludes halogenated alkanes) is 15. The zero-order chi connectivity index (χ0) is 31.8. The van der Waals surface area contributed by atoms with E-state index in [4.69, 9.17) is 14.2 Å². The summed E-state index contributed by atoms with van der Waals surface area (Å²) in [7, 11) is 1.67. The number of hydrogen-bond donors (Lipinski definition) is 1. The predicted octanol–water partition coefficient (Wildman–Crippen LogP) is 10.6. The zero-order valence-electron chi connectivity index (χ0n) is 28.3. The van der Waals surface area contributed by atoms with Crippen molar-refractivity contribution in [2.24, 2.45) is 0 Å². The van der Waals surface area contributed by atoms with Crippen LogP contribution in [0.4, 0.5) is 0 Å². The van der Waals surface area contributed by atoms with Crippen molar-refractivity contribution in [3.63, 3.8) is 0 Å². The summed E-state index contributed by atoms with van der Waals surface area (Å²) < 4.78 is 18.0. The number of aliphatic hydroxyl groups excluding tert-OH is 1. The van der Waals surface area contributed by atoms with Crippen molar-refractivity contribution in [1.82, 2.24) is 0 Å². The SMILES string of the molecule is CCCCCCCCCCCCCCCCCCOC[C@@H](O)COC(c1ccccc1)(c1ccccc1)c1ccc(OC)cc1. The number of aliphatic hydroxyl groups is 1. The smallest absolute Gasteiger partial charge is 0.143 e. The molecule has 0 aliphatic heterocycles. The Morgan fingerprint density at radius 2 is 0.956 bits per heavy atom. The molecule has 4 heteroatoms. The summed E-state index contributed by atoms with van der Waals surface area (Å²) in [6.45, 7) is 3.38. The molecule has 0 fully saturated rings. The molecule has 248 valence electrons. The number of rotatable bonds is 26. The van der Waals surface area contributed by atoms with Crippen LogP contribution in [0.1, 0.15) is 126 Å². The van der Waals surface area contributed by atoms with Gasteiger partial charge in [-0.15, -0.1) is 0 Å². The van der Waals surface area contributed by atoms with E-state index in [-0.39, 0.29) is 13.2 Å². The highest BCUT2D eigenvalue weighted by Gasteiger charge is 2.38. The molecule has 4 nitrogen and oxygen atoms in total. The first kappa shape index (κ1) is 36.8. The van der Waals surface area contributed by atoms with E-state index < -0.39 is 11.7 Å². The lowest BCUT2D eigenvalue weighted by Crippen LogP contribution is -2.36. The molecule has 0 spiro atoms. The molecular formula is C41H60O4. The third-order valence-electron chi connectivity index (χ3n) is 8.80. The quantitative estimate of drug-likeness (QED) is 0.0720. The minimum atomic E-state index is -0.885. The van der Waals surface area contributed by atoms with E-state index >= 15 is 0 Å². The van der Waals surface area contributed by atoms with Crippen molar-refractivity contribution in [2.75, 3.05) is 26.9 Å². The topological polar surface area (TPSA) is 47.9 Å². The van der Waals surface area contributed by atoms with Gasteiger partial charge < -0.3 is 19.3 Å². The van der Waals surface area contributed by atoms with Gasteiger partial charge in [-0.25, -0.2) is 0 Å². The highest BCUT2D eigenvalue weighted by Crippen LogP contribution is 2.41. The molecule has 3 aromatic rings. The van der Waals surface area contributed by atoms with Gasteiger partial charge >= 0.3 is 0 Å². The van der Waals surface area contributed by atoms with Gasteiger partial charge in [0.15, 0.2) is 0 Å². The number of benzene rings is 3. The van der Waals surface area contributed by atoms with Crippen LogP contribution in [0.2, 0.25) is 0 Å². The van der Waals surface area contributed by atoms with Gasteiger partial charge in [0.25, 0.3) is 0 Å². The molecule has 1 N–H and O–H groups in total. The Labute approximate surface area is 274 Å². The van der Waals surface area contributed by atoms with E-state index in [0.29, 0.717) is 6.61 Å². The summed E-state index contributed by atoms with van der Waals surface area (Å²) in [5.41, 5.74) is 2.09. The van der Waals surface area contributed by atoms with Crippen LogP contribution in [0, 0.1) is 0 Å². The molecule has 0 saturated carbocycles. The Morgan fingerprint density at radius 1 is 0.533 bits per heavy atom. The van der Waals surface area contributed by atoms with Crippen molar-refractivity contribution >= 4 is 0 Å². The van der Waals surface area contributed by atoms with Crippen LogP contribution in [0.5, 0.6) is 5.75 Å². The minimum Gasteiger partial charge on any atom is -0.497 e. The van der Waals surface area contributed by atoms with Crippen molar-refractivity contribution in [3.8, 4) is 5.75 Å². The summed E-state index contributed by atoms with van der Waals surface area (Å²) in [6, 6.07) is 28.4. The van der Waals surface area contributed by atoms with Gasteiger partial charge in [0.1, 0.15) is 17.5 Å². The Morgan fingerprint density at radius 3 is 1.40 bits per heavy atom. The fourth-order valence-corrected chi connectivity index (χ4v) is 6.16. The number of hydrogen-bond acceptors (Lipinski definition) is 4. The minimum absolute atomic E-state index is 0.148. The van der Waals surface area contributed by atoms with E-state index in [1.165, 1.54) is 96.3 Å². The second-order valence-electron chi connectivity index (χ2n) is 12.5. The molecule has 0 bridgehead atoms. The normalized spacial score (nSPS) is 12.3. The molecule has 0 heterocycles. The molecule has 0 amide bonds. The Balaban J connectivity index is 1.35. The third kappa shape index (κ3) is 13.3. The van der Waals surface area contributed by atoms with Gasteiger partial charge in [0, 0.05) is 6.61 Å². The first-order valence-electron chi connectivity index (χ1n) is 17.9. The van der Waals surface area contributed by atoms with Gasteiger partial charge in [0.2, 0.25) is 0 Å². The van der Waals surface area contributed by atoms with E-state index in [9.17, 15) is 5.11 Å². The first-order chi connectivity index (χ1) is 22.2. The molecule has 3 rings (SSSR count). The fraction of sp³-hybridized carbons (Fsp3) is 0.561. The maximum Gasteiger partial charge on any atom is 0.143 e. The highest BCUT2D eigenvalue weighted by atomic mass is 16.5. The summed E-state index contributed by atoms with van der Waals surface area (Å²) in [5.74, 6) is 0.788. The largest absolute Gasteiger partial charge is 0.497 e. The highest BCUT2D eigenvalue weighted by molar-refractivity contribution is 5.48. The second kappa shape index (κ2) is 22.8. The number of methoxy groups -OCH3 is 1. The van der Waals surface area contributed by atoms with Gasteiger partial charge in [-0.05, 0) is 35.2 Å². The average molecular weight is 617 g/mol. The Bertz CT molecular complexity index is 1060. The molecule has 0 aliphatic carbocycles. The van der Waals surface area contributed by atoms with E-state index in [0.717, 1.165) is 28.9 Å². The maximum atomic E-state index is 10.9. The summed E-state index contributed by atoms with van der Waals surface area (Å²) in [4.78, 5) is 0. The molecule has 0 aromatic heterocycles. The fourth-order valence-electron chi connectivity index (χ4n) is 6.16. The lowest BCUT2D eigenvalue weighted by Gasteiger charge is -2.36. The standard InChI is InChI=1S/C41H60O4/c1-3-4-5-6-7-8-9-10-11-12-13-14-15-16-17-24-33-44-34-39(42)35-45-41(36-25-20-18-21-26-36,37-27-22-19-23-28-37)38-29-31-40(43-2)32-30-38/h18-23,25-32,39,42H,3-17,24,33-35H2,1-2H3/t39-/m1/s1. The Kier molecular flexibility index (Phi) is 18.6. The van der Waals surface area contributed by atoms with Crippen LogP contribution in [0.3, 0.4) is 0 Å². The molecule has 0 aliphatic rings. The van der Waals surface area contributed by atoms with Gasteiger partial charge in [-0.2, -0.15) is 0 Å². The molecule has 3 aromatic carbocycles. The van der Waals surface area contributed by atoms with Crippen LogP contribution in [0.25, 0.3) is 0 Å². The summed E-state index contributed by atoms with van der Waals surface area (Å²) >= 11 is 0. The van der Waals surface area contributed by atoms with Gasteiger partial charge in [0.05, 0.1) is 20.3 Å². The van der Waals surface area contributed by atoms with Crippen LogP contribution in [0.15, 0.2) is 84.9 Å². The van der Waals surface area contributed by atoms with Crippen LogP contribution in [-0.4, -0.2) is 38.1 Å². The van der Waals surface area contributed by atoms with Crippen molar-refractivity contribution in [1.29, 1.82) is 0 Å². The van der Waals surface area contributed by atoms with Crippen molar-refractivity contribution < 1.29 is 19.3 Å². The molecule has 0 radical (unpaired) electrons. The van der Waals surface area contributed by atoms with E-state index in [2.05, 4.69) is 31.2 Å². The lowest BCUT2D eigenvalue weighted by atomic mass is 9.80. The van der Waals surface area contributed by atoms with Gasteiger partial charge in [-0.1, -0.05) is 176 Å². The Hall–Kier alpha value is -2.66. The molecule has 0 saturated heterocycles. The maximum absolute atomic E-state index is 10.9. The second-order valence-corrected chi connectivity index (χ2v) is 12.5. The van der Waals surface area contributed by atoms with Crippen LogP contribution >= 0.6 is 0 Å². The zero-order valence-corrected chi connectivity index (χ0v) is 28.3. The third-order valence-corrected chi connectivity index (χ3v) is 8.80. The van der Waals surface area contributed by atoms with E-state index in [1.54, 1.807) is 7.11 Å². The molecular weight excluding hydrogens is 556 g/mol.